The summed E-state index contributed by atoms with van der Waals surface area (Å²) in [5, 5.41) is 21.5. The molecule has 0 unspecified atom stereocenters. The van der Waals surface area contributed by atoms with Gasteiger partial charge in [-0.1, -0.05) is 0 Å². The molecule has 8 nitrogen and oxygen atoms in total. The molecule has 0 atom stereocenters. The molecule has 0 fully saturated rings. The quantitative estimate of drug-likeness (QED) is 0.245. The number of amidine groups is 2. The van der Waals surface area contributed by atoms with Crippen molar-refractivity contribution in [2.75, 3.05) is 14.1 Å². The van der Waals surface area contributed by atoms with E-state index in [1.165, 1.54) is 0 Å². The Kier molecular flexibility index (Phi) is 10.1. The van der Waals surface area contributed by atoms with E-state index in [0.717, 1.165) is 0 Å². The van der Waals surface area contributed by atoms with E-state index in [4.69, 9.17) is 25.3 Å². The number of aromatic nitrogens is 2. The number of hydrogen-bond acceptors (Lipinski definition) is 8. The van der Waals surface area contributed by atoms with Crippen molar-refractivity contribution in [3.8, 4) is 0 Å². The van der Waals surface area contributed by atoms with Crippen LogP contribution < -0.4 is 10.6 Å². The van der Waals surface area contributed by atoms with E-state index in [0.29, 0.717) is 17.2 Å². The van der Waals surface area contributed by atoms with Crippen LogP contribution >= 0.6 is 0 Å². The predicted molar refractivity (Wildman–Crippen MR) is 89.4 cm³/mol. The van der Waals surface area contributed by atoms with Crippen LogP contribution in [0.2, 0.25) is 0 Å². The molecule has 121 valence electrons. The van der Waals surface area contributed by atoms with E-state index in [2.05, 4.69) is 41.0 Å². The fourth-order valence-electron chi connectivity index (χ4n) is 1.06. The second kappa shape index (κ2) is 11.0. The fourth-order valence-corrected chi connectivity index (χ4v) is 1.15. The summed E-state index contributed by atoms with van der Waals surface area (Å²) in [6, 6.07) is 1.70. The molecule has 0 aliphatic carbocycles. The van der Waals surface area contributed by atoms with Crippen molar-refractivity contribution in [1.82, 2.24) is 20.6 Å². The molecule has 1 rings (SSSR count). The van der Waals surface area contributed by atoms with Crippen molar-refractivity contribution >= 4 is 47.0 Å². The van der Waals surface area contributed by atoms with Crippen LogP contribution in [0.4, 0.5) is 0 Å². The molecule has 0 spiro atoms. The van der Waals surface area contributed by atoms with Crippen LogP contribution in [0, 0.1) is 0 Å². The van der Waals surface area contributed by atoms with Crippen LogP contribution in [0.5, 0.6) is 0 Å². The molecular weight excluding hydrogens is 372 g/mol. The first kappa shape index (κ1) is 20.3. The molecule has 0 saturated heterocycles. The molecule has 1 aromatic rings. The molecule has 1 heterocycles. The zero-order valence-corrected chi connectivity index (χ0v) is 14.6. The molecule has 0 aliphatic rings. The maximum atomic E-state index is 4.92. The van der Waals surface area contributed by atoms with Gasteiger partial charge in [0.1, 0.15) is 0 Å². The van der Waals surface area contributed by atoms with E-state index < -0.39 is 0 Å². The van der Waals surface area contributed by atoms with Gasteiger partial charge in [-0.25, -0.2) is 9.97 Å². The van der Waals surface area contributed by atoms with Crippen LogP contribution in [0.25, 0.3) is 0 Å². The molecule has 0 aliphatic heterocycles. The van der Waals surface area contributed by atoms with Crippen LogP contribution in [-0.4, -0.2) is 45.8 Å². The Balaban J connectivity index is 0.00000441. The Hall–Kier alpha value is -1.68. The summed E-state index contributed by atoms with van der Waals surface area (Å²) in [5.74, 6) is 0.368. The van der Waals surface area contributed by atoms with Gasteiger partial charge < -0.3 is 35.9 Å². The maximum absolute atomic E-state index is 4.92. The maximum Gasteiger partial charge on any atom is 2.00 e. The Morgan fingerprint density at radius 3 is 1.95 bits per heavy atom. The first-order valence-electron chi connectivity index (χ1n) is 5.83. The molecule has 22 heavy (non-hydrogen) atoms. The number of nitrogens with one attached hydrogen (secondary N) is 2. The summed E-state index contributed by atoms with van der Waals surface area (Å²) >= 11 is 9.81. The summed E-state index contributed by atoms with van der Waals surface area (Å²) in [4.78, 5) is 8.23. The minimum Gasteiger partial charge on any atom is -0.741 e. The molecule has 1 radical (unpaired) electrons. The second-order valence-electron chi connectivity index (χ2n) is 3.52. The van der Waals surface area contributed by atoms with E-state index in [-0.39, 0.29) is 27.4 Å². The molecule has 0 aromatic carbocycles. The van der Waals surface area contributed by atoms with Gasteiger partial charge in [-0.05, 0) is 23.3 Å². The van der Waals surface area contributed by atoms with Gasteiger partial charge in [0.15, 0.2) is 11.5 Å². The Morgan fingerprint density at radius 1 is 0.955 bits per heavy atom. The predicted octanol–water partition coefficient (Wildman–Crippen LogP) is -0.201. The molecule has 0 amide bonds. The van der Waals surface area contributed by atoms with Crippen molar-refractivity contribution in [2.45, 2.75) is 6.92 Å². The standard InChI is InChI=1S/C11H16N8S2.Cu/c1-7(16-18-10(20)12-2)8(17-19-11(21)13-3)9-14-5-4-6-15-9;/h4-6H,1-3H3,(H2,12,18,20)(H2,13,19,21);/q;+2/p-2/b16-7+,17-8-;. The number of nitrogens with zero attached hydrogens (tertiary/aromatic N) is 6. The monoisotopic (exact) mass is 385 g/mol. The van der Waals surface area contributed by atoms with Gasteiger partial charge in [0.05, 0.1) is 5.71 Å². The van der Waals surface area contributed by atoms with Crippen molar-refractivity contribution in [3.05, 3.63) is 24.3 Å². The SMILES string of the molecule is CN/C([S-])=N/N=C(/C(C)=N/N=C(\[S-])NC)c1ncccn1.[Cu+2]. The molecule has 2 N–H and O–H groups in total. The Bertz CT molecular complexity index is 585. The second-order valence-corrected chi connectivity index (χ2v) is 4.29. The van der Waals surface area contributed by atoms with Gasteiger partial charge in [-0.3, -0.25) is 0 Å². The van der Waals surface area contributed by atoms with Gasteiger partial charge in [0.25, 0.3) is 0 Å². The third-order valence-electron chi connectivity index (χ3n) is 2.08. The number of hydrogen-bond donors (Lipinski definition) is 2. The summed E-state index contributed by atoms with van der Waals surface area (Å²) in [6.45, 7) is 1.70. The van der Waals surface area contributed by atoms with Gasteiger partial charge in [-0.15, -0.1) is 5.10 Å². The fraction of sp³-hybridized carbons (Fsp3) is 0.273. The van der Waals surface area contributed by atoms with Gasteiger partial charge >= 0.3 is 17.1 Å². The van der Waals surface area contributed by atoms with Crippen LogP contribution in [0.1, 0.15) is 12.7 Å². The first-order chi connectivity index (χ1) is 10.1. The topological polar surface area (TPSA) is 99.3 Å². The summed E-state index contributed by atoms with van der Waals surface area (Å²) in [7, 11) is 3.31. The van der Waals surface area contributed by atoms with Gasteiger partial charge in [0.2, 0.25) is 0 Å². The van der Waals surface area contributed by atoms with Crippen LogP contribution in [-0.2, 0) is 42.3 Å². The molecule has 1 aromatic heterocycles. The van der Waals surface area contributed by atoms with E-state index in [1.54, 1.807) is 39.5 Å². The minimum atomic E-state index is 0. The molecule has 0 saturated carbocycles. The molecular formula is C11H14CuN8S2. The van der Waals surface area contributed by atoms with E-state index in [9.17, 15) is 0 Å². The van der Waals surface area contributed by atoms with Crippen molar-refractivity contribution in [3.63, 3.8) is 0 Å². The molecule has 0 bridgehead atoms. The first-order valence-corrected chi connectivity index (χ1v) is 6.65. The third-order valence-corrected chi connectivity index (χ3v) is 2.65. The summed E-state index contributed by atoms with van der Waals surface area (Å²) in [6.07, 6.45) is 3.19. The van der Waals surface area contributed by atoms with Gasteiger partial charge in [-0.2, -0.15) is 15.3 Å². The van der Waals surface area contributed by atoms with Crippen molar-refractivity contribution in [1.29, 1.82) is 0 Å². The smallest absolute Gasteiger partial charge is 0.741 e. The molecule has 11 heteroatoms. The average molecular weight is 386 g/mol. The zero-order chi connectivity index (χ0) is 15.7. The third kappa shape index (κ3) is 6.85. The number of rotatable bonds is 4. The Morgan fingerprint density at radius 2 is 1.45 bits per heavy atom. The largest absolute Gasteiger partial charge is 2.00 e. The van der Waals surface area contributed by atoms with Crippen LogP contribution in [0.3, 0.4) is 0 Å². The van der Waals surface area contributed by atoms with Gasteiger partial charge in [0, 0.05) is 26.5 Å². The van der Waals surface area contributed by atoms with Crippen molar-refractivity contribution in [2.24, 2.45) is 20.4 Å². The average Bonchev–Trinajstić information content (AvgIpc) is 2.53. The minimum absolute atomic E-state index is 0. The zero-order valence-electron chi connectivity index (χ0n) is 12.0. The summed E-state index contributed by atoms with van der Waals surface area (Å²) in [5.41, 5.74) is 0.817. The van der Waals surface area contributed by atoms with E-state index >= 15 is 0 Å². The van der Waals surface area contributed by atoms with E-state index in [1.807, 2.05) is 0 Å². The summed E-state index contributed by atoms with van der Waals surface area (Å²) < 4.78 is 0. The normalized spacial score (nSPS) is 13.4. The van der Waals surface area contributed by atoms with Crippen LogP contribution in [0.15, 0.2) is 38.9 Å². The van der Waals surface area contributed by atoms with Crippen molar-refractivity contribution < 1.29 is 17.1 Å². The Labute approximate surface area is 150 Å².